The molecule has 1 aliphatic carbocycles. The molecule has 1 aromatic heterocycles. The molecule has 1 fully saturated rings. The van der Waals surface area contributed by atoms with Gasteiger partial charge in [0.05, 0.1) is 22.3 Å². The van der Waals surface area contributed by atoms with E-state index < -0.39 is 21.8 Å². The molecule has 1 aliphatic heterocycles. The number of fused-ring (bicyclic) bond motifs is 2. The summed E-state index contributed by atoms with van der Waals surface area (Å²) in [5.41, 5.74) is 1.84. The molecule has 0 N–H and O–H groups in total. The molecule has 2 atom stereocenters. The van der Waals surface area contributed by atoms with Gasteiger partial charge in [-0.2, -0.15) is 22.6 Å². The Hall–Kier alpha value is -2.72. The van der Waals surface area contributed by atoms with Gasteiger partial charge in [0.2, 0.25) is 10.0 Å². The van der Waals surface area contributed by atoms with Crippen LogP contribution < -0.4 is 0 Å². The molecular formula is C23H21F4N3O2S. The average molecular weight is 479 g/mol. The highest BCUT2D eigenvalue weighted by atomic mass is 32.2. The Morgan fingerprint density at radius 2 is 1.76 bits per heavy atom. The lowest BCUT2D eigenvalue weighted by molar-refractivity contribution is -0.137. The second-order valence-corrected chi connectivity index (χ2v) is 10.5. The maximum atomic E-state index is 13.3. The number of piperidine rings is 1. The van der Waals surface area contributed by atoms with Crippen molar-refractivity contribution in [1.29, 1.82) is 0 Å². The molecule has 5 rings (SSSR count). The van der Waals surface area contributed by atoms with E-state index in [1.807, 2.05) is 0 Å². The van der Waals surface area contributed by atoms with Gasteiger partial charge in [-0.3, -0.25) is 0 Å². The van der Waals surface area contributed by atoms with Gasteiger partial charge in [0.1, 0.15) is 5.82 Å². The lowest BCUT2D eigenvalue weighted by Crippen LogP contribution is -2.46. The smallest absolute Gasteiger partial charge is 0.238 e. The van der Waals surface area contributed by atoms with Crippen molar-refractivity contribution >= 4 is 10.0 Å². The van der Waals surface area contributed by atoms with Gasteiger partial charge in [-0.25, -0.2) is 17.5 Å². The van der Waals surface area contributed by atoms with Gasteiger partial charge in [0.15, 0.2) is 0 Å². The third-order valence-electron chi connectivity index (χ3n) is 6.62. The molecule has 33 heavy (non-hydrogen) atoms. The minimum absolute atomic E-state index is 0.0534. The highest BCUT2D eigenvalue weighted by Crippen LogP contribution is 2.38. The van der Waals surface area contributed by atoms with Gasteiger partial charge in [-0.1, -0.05) is 6.07 Å². The first-order chi connectivity index (χ1) is 15.6. The zero-order valence-corrected chi connectivity index (χ0v) is 18.3. The topological polar surface area (TPSA) is 55.2 Å². The fourth-order valence-corrected chi connectivity index (χ4v) is 6.44. The van der Waals surface area contributed by atoms with E-state index in [0.29, 0.717) is 18.9 Å². The Morgan fingerprint density at radius 3 is 2.48 bits per heavy atom. The third kappa shape index (κ3) is 4.06. The maximum absolute atomic E-state index is 13.3. The van der Waals surface area contributed by atoms with E-state index >= 15 is 0 Å². The Labute approximate surface area is 188 Å². The van der Waals surface area contributed by atoms with Crippen molar-refractivity contribution in [2.24, 2.45) is 11.8 Å². The zero-order chi connectivity index (χ0) is 23.4. The molecule has 2 aliphatic rings. The molecule has 5 nitrogen and oxygen atoms in total. The first-order valence-corrected chi connectivity index (χ1v) is 12.1. The zero-order valence-electron chi connectivity index (χ0n) is 17.5. The van der Waals surface area contributed by atoms with Crippen molar-refractivity contribution in [3.8, 4) is 5.69 Å². The van der Waals surface area contributed by atoms with Crippen molar-refractivity contribution in [1.82, 2.24) is 14.1 Å². The van der Waals surface area contributed by atoms with Crippen LogP contribution in [0.25, 0.3) is 5.69 Å². The number of halogens is 4. The predicted octanol–water partition coefficient (Wildman–Crippen LogP) is 4.46. The number of alkyl halides is 3. The molecule has 0 spiro atoms. The van der Waals surface area contributed by atoms with Crippen LogP contribution in [-0.4, -0.2) is 35.6 Å². The van der Waals surface area contributed by atoms with Gasteiger partial charge in [0, 0.05) is 18.8 Å². The fourth-order valence-electron chi connectivity index (χ4n) is 4.88. The summed E-state index contributed by atoms with van der Waals surface area (Å²) in [5.74, 6) is -0.0340. The SMILES string of the molecule is O=S(=O)(c1cccc(C(F)(F)F)c1)N1CC[C@H]2Cc3c(cnn3-c3ccc(F)cc3)C[C@H]2C1. The highest BCUT2D eigenvalue weighted by Gasteiger charge is 2.40. The van der Waals surface area contributed by atoms with Crippen LogP contribution in [0, 0.1) is 17.7 Å². The van der Waals surface area contributed by atoms with Gasteiger partial charge in [0.25, 0.3) is 0 Å². The van der Waals surface area contributed by atoms with Crippen LogP contribution >= 0.6 is 0 Å². The normalized spacial score (nSPS) is 21.5. The van der Waals surface area contributed by atoms with E-state index in [-0.39, 0.29) is 35.6 Å². The Morgan fingerprint density at radius 1 is 1.00 bits per heavy atom. The van der Waals surface area contributed by atoms with Crippen molar-refractivity contribution in [3.63, 3.8) is 0 Å². The summed E-state index contributed by atoms with van der Waals surface area (Å²) in [6.07, 6.45) is -0.889. The van der Waals surface area contributed by atoms with E-state index in [1.165, 1.54) is 22.5 Å². The maximum Gasteiger partial charge on any atom is 0.416 e. The lowest BCUT2D eigenvalue weighted by atomic mass is 9.75. The quantitative estimate of drug-likeness (QED) is 0.522. The third-order valence-corrected chi connectivity index (χ3v) is 8.48. The van der Waals surface area contributed by atoms with Crippen molar-refractivity contribution in [2.75, 3.05) is 13.1 Å². The van der Waals surface area contributed by atoms with Crippen LogP contribution in [0.15, 0.2) is 59.6 Å². The standard InChI is InChI=1S/C23H21F4N3O2S/c24-19-4-6-20(7-5-19)30-22-11-15-8-9-29(14-17(15)10-16(22)13-28-30)33(31,32)21-3-1-2-18(12-21)23(25,26)27/h1-7,12-13,15,17H,8-11,14H2/t15-,17-/m0/s1. The Balaban J connectivity index is 1.37. The number of nitrogens with zero attached hydrogens (tertiary/aromatic N) is 3. The van der Waals surface area contributed by atoms with Crippen LogP contribution in [0.4, 0.5) is 17.6 Å². The summed E-state index contributed by atoms with van der Waals surface area (Å²) in [7, 11) is -4.04. The minimum atomic E-state index is -4.61. The first kappa shape index (κ1) is 22.1. The number of hydrogen-bond donors (Lipinski definition) is 0. The van der Waals surface area contributed by atoms with Crippen LogP contribution in [0.2, 0.25) is 0 Å². The Kier molecular flexibility index (Phi) is 5.32. The Bertz CT molecular complexity index is 1290. The highest BCUT2D eigenvalue weighted by molar-refractivity contribution is 7.89. The van der Waals surface area contributed by atoms with Gasteiger partial charge >= 0.3 is 6.18 Å². The molecular weight excluding hydrogens is 458 g/mol. The number of aromatic nitrogens is 2. The van der Waals surface area contributed by atoms with Crippen molar-refractivity contribution in [3.05, 3.63) is 77.4 Å². The van der Waals surface area contributed by atoms with E-state index in [4.69, 9.17) is 0 Å². The van der Waals surface area contributed by atoms with E-state index in [0.717, 1.165) is 35.5 Å². The molecule has 1 saturated heterocycles. The van der Waals surface area contributed by atoms with Gasteiger partial charge < -0.3 is 0 Å². The molecule has 174 valence electrons. The van der Waals surface area contributed by atoms with Crippen LogP contribution in [-0.2, 0) is 29.0 Å². The van der Waals surface area contributed by atoms with E-state index in [2.05, 4.69) is 5.10 Å². The number of sulfonamides is 1. The van der Waals surface area contributed by atoms with Crippen molar-refractivity contribution in [2.45, 2.75) is 30.3 Å². The molecule has 3 aromatic rings. The molecule has 2 heterocycles. The minimum Gasteiger partial charge on any atom is -0.238 e. The lowest BCUT2D eigenvalue weighted by Gasteiger charge is -2.40. The van der Waals surface area contributed by atoms with Crippen molar-refractivity contribution < 1.29 is 26.0 Å². The summed E-state index contributed by atoms with van der Waals surface area (Å²) in [6.45, 7) is 0.504. The second-order valence-electron chi connectivity index (χ2n) is 8.61. The van der Waals surface area contributed by atoms with Crippen LogP contribution in [0.3, 0.4) is 0 Å². The number of hydrogen-bond acceptors (Lipinski definition) is 3. The number of benzene rings is 2. The molecule has 0 unspecified atom stereocenters. The van der Waals surface area contributed by atoms with Gasteiger partial charge in [-0.15, -0.1) is 0 Å². The van der Waals surface area contributed by atoms with Crippen LogP contribution in [0.1, 0.15) is 23.2 Å². The molecule has 0 bridgehead atoms. The molecule has 0 radical (unpaired) electrons. The monoisotopic (exact) mass is 479 g/mol. The summed E-state index contributed by atoms with van der Waals surface area (Å²) < 4.78 is 81.8. The summed E-state index contributed by atoms with van der Waals surface area (Å²) >= 11 is 0. The summed E-state index contributed by atoms with van der Waals surface area (Å²) in [4.78, 5) is -0.337. The molecule has 2 aromatic carbocycles. The second kappa shape index (κ2) is 7.95. The van der Waals surface area contributed by atoms with E-state index in [1.54, 1.807) is 23.0 Å². The summed E-state index contributed by atoms with van der Waals surface area (Å²) in [6, 6.07) is 10.00. The largest absolute Gasteiger partial charge is 0.416 e. The fraction of sp³-hybridized carbons (Fsp3) is 0.348. The van der Waals surface area contributed by atoms with Gasteiger partial charge in [-0.05, 0) is 79.1 Å². The van der Waals surface area contributed by atoms with Crippen LogP contribution in [0.5, 0.6) is 0 Å². The molecule has 10 heteroatoms. The van der Waals surface area contributed by atoms with E-state index in [9.17, 15) is 26.0 Å². The predicted molar refractivity (Wildman–Crippen MR) is 113 cm³/mol. The molecule has 0 saturated carbocycles. The average Bonchev–Trinajstić information content (AvgIpc) is 3.20. The number of rotatable bonds is 3. The molecule has 0 amide bonds. The first-order valence-electron chi connectivity index (χ1n) is 10.6. The summed E-state index contributed by atoms with van der Waals surface area (Å²) in [5, 5.41) is 4.46.